The van der Waals surface area contributed by atoms with Crippen molar-refractivity contribution in [2.75, 3.05) is 13.6 Å². The van der Waals surface area contributed by atoms with Gasteiger partial charge < -0.3 is 4.90 Å². The normalized spacial score (nSPS) is 17.4. The van der Waals surface area contributed by atoms with Gasteiger partial charge in [0.05, 0.1) is 4.90 Å². The van der Waals surface area contributed by atoms with Crippen LogP contribution in [0.15, 0.2) is 47.4 Å². The molecule has 3 rings (SSSR count). The Morgan fingerprint density at radius 1 is 1.16 bits per heavy atom. The standard InChI is InChI=1S/C22H24ClFN2O4S/c1-15(27)16-9-11-17(12-10-16)31(29,30)26-13-4-3-8-21(26)22(28)25(2)14-18-19(23)6-5-7-20(18)24/h5-7,9-12,21H,3-4,8,13-14H2,1-2H3/t21-/m1/s1. The zero-order valence-corrected chi connectivity index (χ0v) is 18.9. The van der Waals surface area contributed by atoms with E-state index in [0.717, 1.165) is 0 Å². The lowest BCUT2D eigenvalue weighted by Gasteiger charge is -2.36. The Morgan fingerprint density at radius 2 is 1.84 bits per heavy atom. The monoisotopic (exact) mass is 466 g/mol. The molecule has 166 valence electrons. The van der Waals surface area contributed by atoms with Crippen LogP contribution in [0.2, 0.25) is 5.02 Å². The van der Waals surface area contributed by atoms with Gasteiger partial charge in [-0.15, -0.1) is 0 Å². The Hall–Kier alpha value is -2.29. The van der Waals surface area contributed by atoms with E-state index in [0.29, 0.717) is 24.8 Å². The summed E-state index contributed by atoms with van der Waals surface area (Å²) >= 11 is 6.07. The summed E-state index contributed by atoms with van der Waals surface area (Å²) in [7, 11) is -2.44. The van der Waals surface area contributed by atoms with Crippen LogP contribution in [0, 0.1) is 5.82 Å². The van der Waals surface area contributed by atoms with E-state index >= 15 is 0 Å². The van der Waals surface area contributed by atoms with Gasteiger partial charge in [-0.25, -0.2) is 12.8 Å². The Kier molecular flexibility index (Phi) is 7.13. The zero-order valence-electron chi connectivity index (χ0n) is 17.3. The minimum Gasteiger partial charge on any atom is -0.340 e. The highest BCUT2D eigenvalue weighted by atomic mass is 35.5. The second kappa shape index (κ2) is 9.46. The lowest BCUT2D eigenvalue weighted by Crippen LogP contribution is -2.52. The van der Waals surface area contributed by atoms with Gasteiger partial charge in [0.15, 0.2) is 5.78 Å². The number of ketones is 1. The van der Waals surface area contributed by atoms with Crippen LogP contribution in [0.3, 0.4) is 0 Å². The highest BCUT2D eigenvalue weighted by Gasteiger charge is 2.39. The lowest BCUT2D eigenvalue weighted by molar-refractivity contribution is -0.135. The van der Waals surface area contributed by atoms with E-state index in [2.05, 4.69) is 0 Å². The molecule has 9 heteroatoms. The number of carbonyl (C=O) groups excluding carboxylic acids is 2. The van der Waals surface area contributed by atoms with Crippen LogP contribution in [0.4, 0.5) is 4.39 Å². The number of likely N-dealkylation sites (N-methyl/N-ethyl adjacent to an activating group) is 1. The molecule has 1 aliphatic rings. The third kappa shape index (κ3) is 4.97. The number of rotatable bonds is 6. The van der Waals surface area contributed by atoms with Crippen molar-refractivity contribution in [2.24, 2.45) is 0 Å². The van der Waals surface area contributed by atoms with Crippen LogP contribution < -0.4 is 0 Å². The quantitative estimate of drug-likeness (QED) is 0.605. The molecule has 0 saturated carbocycles. The molecule has 1 heterocycles. The van der Waals surface area contributed by atoms with Crippen LogP contribution in [0.1, 0.15) is 42.1 Å². The Bertz CT molecular complexity index is 1070. The van der Waals surface area contributed by atoms with Crippen LogP contribution in [-0.4, -0.2) is 48.9 Å². The Labute approximate surface area is 186 Å². The lowest BCUT2D eigenvalue weighted by atomic mass is 10.0. The molecular weight excluding hydrogens is 443 g/mol. The molecule has 1 fully saturated rings. The van der Waals surface area contributed by atoms with Gasteiger partial charge in [0.2, 0.25) is 15.9 Å². The summed E-state index contributed by atoms with van der Waals surface area (Å²) in [5, 5.41) is 0.207. The van der Waals surface area contributed by atoms with Crippen molar-refractivity contribution in [3.8, 4) is 0 Å². The molecule has 1 aliphatic heterocycles. The van der Waals surface area contributed by atoms with E-state index in [1.165, 1.54) is 59.6 Å². The largest absolute Gasteiger partial charge is 0.340 e. The fourth-order valence-corrected chi connectivity index (χ4v) is 5.56. The average Bonchev–Trinajstić information content (AvgIpc) is 2.75. The van der Waals surface area contributed by atoms with Gasteiger partial charge in [-0.3, -0.25) is 9.59 Å². The summed E-state index contributed by atoms with van der Waals surface area (Å²) in [5.41, 5.74) is 0.594. The molecule has 0 aromatic heterocycles. The average molecular weight is 467 g/mol. The molecule has 0 N–H and O–H groups in total. The molecule has 0 unspecified atom stereocenters. The zero-order chi connectivity index (χ0) is 22.8. The van der Waals surface area contributed by atoms with Gasteiger partial charge in [0.25, 0.3) is 0 Å². The minimum absolute atomic E-state index is 0.0250. The highest BCUT2D eigenvalue weighted by molar-refractivity contribution is 7.89. The predicted molar refractivity (Wildman–Crippen MR) is 116 cm³/mol. The van der Waals surface area contributed by atoms with Gasteiger partial charge in [-0.2, -0.15) is 4.31 Å². The molecule has 0 radical (unpaired) electrons. The van der Waals surface area contributed by atoms with Crippen molar-refractivity contribution in [1.29, 1.82) is 0 Å². The second-order valence-electron chi connectivity index (χ2n) is 7.60. The van der Waals surface area contributed by atoms with Crippen LogP contribution in [-0.2, 0) is 21.4 Å². The third-order valence-electron chi connectivity index (χ3n) is 5.44. The maximum atomic E-state index is 14.1. The summed E-state index contributed by atoms with van der Waals surface area (Å²) < 4.78 is 41.9. The van der Waals surface area contributed by atoms with Crippen molar-refractivity contribution >= 4 is 33.3 Å². The maximum Gasteiger partial charge on any atom is 0.243 e. The summed E-state index contributed by atoms with van der Waals surface area (Å²) in [6.45, 7) is 1.55. The third-order valence-corrected chi connectivity index (χ3v) is 7.72. The van der Waals surface area contributed by atoms with Gasteiger partial charge in [0.1, 0.15) is 11.9 Å². The van der Waals surface area contributed by atoms with Crippen molar-refractivity contribution in [3.63, 3.8) is 0 Å². The van der Waals surface area contributed by atoms with Crippen molar-refractivity contribution in [1.82, 2.24) is 9.21 Å². The molecule has 0 bridgehead atoms. The van der Waals surface area contributed by atoms with Gasteiger partial charge in [0, 0.05) is 36.3 Å². The van der Waals surface area contributed by atoms with Gasteiger partial charge in [-0.05, 0) is 44.0 Å². The number of piperidine rings is 1. The van der Waals surface area contributed by atoms with Gasteiger partial charge >= 0.3 is 0 Å². The number of amides is 1. The van der Waals surface area contributed by atoms with E-state index < -0.39 is 27.8 Å². The Balaban J connectivity index is 1.85. The number of hydrogen-bond acceptors (Lipinski definition) is 4. The predicted octanol–water partition coefficient (Wildman–Crippen LogP) is 3.88. The van der Waals surface area contributed by atoms with E-state index in [1.807, 2.05) is 0 Å². The number of nitrogens with zero attached hydrogens (tertiary/aromatic N) is 2. The molecule has 6 nitrogen and oxygen atoms in total. The van der Waals surface area contributed by atoms with Crippen LogP contribution in [0.5, 0.6) is 0 Å². The molecule has 1 amide bonds. The first-order valence-electron chi connectivity index (χ1n) is 9.93. The maximum absolute atomic E-state index is 14.1. The second-order valence-corrected chi connectivity index (χ2v) is 9.90. The van der Waals surface area contributed by atoms with E-state index in [-0.39, 0.29) is 34.4 Å². The first-order chi connectivity index (χ1) is 14.6. The summed E-state index contributed by atoms with van der Waals surface area (Å²) in [6.07, 6.45) is 1.72. The molecule has 2 aromatic rings. The molecule has 0 aliphatic carbocycles. The minimum atomic E-state index is -3.95. The molecule has 31 heavy (non-hydrogen) atoms. The summed E-state index contributed by atoms with van der Waals surface area (Å²) in [4.78, 5) is 26.0. The van der Waals surface area contributed by atoms with Crippen LogP contribution >= 0.6 is 11.6 Å². The van der Waals surface area contributed by atoms with Crippen molar-refractivity contribution in [2.45, 2.75) is 43.7 Å². The van der Waals surface area contributed by atoms with Crippen molar-refractivity contribution in [3.05, 3.63) is 64.4 Å². The number of halogens is 2. The first kappa shape index (κ1) is 23.4. The number of carbonyl (C=O) groups is 2. The van der Waals surface area contributed by atoms with Crippen molar-refractivity contribution < 1.29 is 22.4 Å². The molecular formula is C22H24ClFN2O4S. The topological polar surface area (TPSA) is 74.8 Å². The van der Waals surface area contributed by atoms with E-state index in [4.69, 9.17) is 11.6 Å². The summed E-state index contributed by atoms with van der Waals surface area (Å²) in [6, 6.07) is 9.08. The van der Waals surface area contributed by atoms with Gasteiger partial charge in [-0.1, -0.05) is 36.2 Å². The molecule has 1 atom stereocenters. The summed E-state index contributed by atoms with van der Waals surface area (Å²) in [5.74, 6) is -1.10. The fourth-order valence-electron chi connectivity index (χ4n) is 3.69. The smallest absolute Gasteiger partial charge is 0.243 e. The SMILES string of the molecule is CC(=O)c1ccc(S(=O)(=O)N2CCCC[C@@H]2C(=O)N(C)Cc2c(F)cccc2Cl)cc1. The first-order valence-corrected chi connectivity index (χ1v) is 11.8. The highest BCUT2D eigenvalue weighted by Crippen LogP contribution is 2.28. The fraction of sp³-hybridized carbons (Fsp3) is 0.364. The number of benzene rings is 2. The molecule has 1 saturated heterocycles. The molecule has 2 aromatic carbocycles. The number of Topliss-reactive ketones (excluding diaryl/α,β-unsaturated/α-hetero) is 1. The van der Waals surface area contributed by atoms with Crippen LogP contribution in [0.25, 0.3) is 0 Å². The number of sulfonamides is 1. The van der Waals surface area contributed by atoms with E-state index in [9.17, 15) is 22.4 Å². The molecule has 0 spiro atoms. The number of hydrogen-bond donors (Lipinski definition) is 0. The Morgan fingerprint density at radius 3 is 2.45 bits per heavy atom. The van der Waals surface area contributed by atoms with E-state index in [1.54, 1.807) is 6.07 Å².